The van der Waals surface area contributed by atoms with Crippen LogP contribution in [0.4, 0.5) is 0 Å². The van der Waals surface area contributed by atoms with Gasteiger partial charge in [-0.1, -0.05) is 30.3 Å². The van der Waals surface area contributed by atoms with Crippen molar-refractivity contribution in [3.63, 3.8) is 0 Å². The molecule has 0 N–H and O–H groups in total. The van der Waals surface area contributed by atoms with Gasteiger partial charge in [0.1, 0.15) is 0 Å². The Morgan fingerprint density at radius 3 is 2.57 bits per heavy atom. The van der Waals surface area contributed by atoms with Gasteiger partial charge in [-0.05, 0) is 38.1 Å². The minimum atomic E-state index is 0.396. The number of benzene rings is 1. The lowest BCUT2D eigenvalue weighted by atomic mass is 9.99. The van der Waals surface area contributed by atoms with Crippen molar-refractivity contribution < 1.29 is 0 Å². The quantitative estimate of drug-likeness (QED) is 0.704. The standard InChI is InChI=1S/C13H19N/c1-6-14(5)12(4)13-9-10(2)7-8-11(13)3/h6-9,12H,1H2,2-5H3. The lowest BCUT2D eigenvalue weighted by Gasteiger charge is -2.24. The van der Waals surface area contributed by atoms with Crippen LogP contribution in [-0.2, 0) is 0 Å². The molecule has 1 unspecified atom stereocenters. The molecule has 0 spiro atoms. The van der Waals surface area contributed by atoms with E-state index in [0.29, 0.717) is 6.04 Å². The highest BCUT2D eigenvalue weighted by atomic mass is 15.1. The van der Waals surface area contributed by atoms with Crippen molar-refractivity contribution in [2.45, 2.75) is 26.8 Å². The molecule has 14 heavy (non-hydrogen) atoms. The van der Waals surface area contributed by atoms with E-state index in [4.69, 9.17) is 0 Å². The first kappa shape index (κ1) is 10.8. The lowest BCUT2D eigenvalue weighted by molar-refractivity contribution is 0.361. The summed E-state index contributed by atoms with van der Waals surface area (Å²) in [6.07, 6.45) is 1.87. The molecule has 1 rings (SSSR count). The fourth-order valence-electron chi connectivity index (χ4n) is 1.59. The van der Waals surface area contributed by atoms with Crippen LogP contribution in [0.3, 0.4) is 0 Å². The molecule has 0 fully saturated rings. The molecule has 0 aliphatic carbocycles. The second kappa shape index (κ2) is 4.32. The molecular formula is C13H19N. The van der Waals surface area contributed by atoms with Gasteiger partial charge in [-0.2, -0.15) is 0 Å². The SMILES string of the molecule is C=CN(C)C(C)c1cc(C)ccc1C. The second-order valence-corrected chi connectivity index (χ2v) is 3.88. The van der Waals surface area contributed by atoms with Crippen LogP contribution in [0.5, 0.6) is 0 Å². The molecule has 1 aromatic carbocycles. The van der Waals surface area contributed by atoms with E-state index in [1.807, 2.05) is 6.20 Å². The molecule has 0 bridgehead atoms. The third-order valence-electron chi connectivity index (χ3n) is 2.78. The van der Waals surface area contributed by atoms with Gasteiger partial charge in [0.2, 0.25) is 0 Å². The molecule has 0 saturated carbocycles. The van der Waals surface area contributed by atoms with Crippen LogP contribution in [0.25, 0.3) is 0 Å². The van der Waals surface area contributed by atoms with Gasteiger partial charge < -0.3 is 4.90 Å². The van der Waals surface area contributed by atoms with Crippen molar-refractivity contribution in [3.05, 3.63) is 47.7 Å². The first-order chi connectivity index (χ1) is 6.56. The van der Waals surface area contributed by atoms with Crippen LogP contribution < -0.4 is 0 Å². The van der Waals surface area contributed by atoms with Crippen LogP contribution in [0.1, 0.15) is 29.7 Å². The molecule has 0 aliphatic heterocycles. The Balaban J connectivity index is 3.05. The van der Waals surface area contributed by atoms with E-state index >= 15 is 0 Å². The van der Waals surface area contributed by atoms with Crippen LogP contribution in [0, 0.1) is 13.8 Å². The second-order valence-electron chi connectivity index (χ2n) is 3.88. The third kappa shape index (κ3) is 2.16. The summed E-state index contributed by atoms with van der Waals surface area (Å²) in [4.78, 5) is 2.13. The molecule has 76 valence electrons. The first-order valence-corrected chi connectivity index (χ1v) is 4.98. The summed E-state index contributed by atoms with van der Waals surface area (Å²) < 4.78 is 0. The van der Waals surface area contributed by atoms with Gasteiger partial charge in [0.15, 0.2) is 0 Å². The number of nitrogens with zero attached hydrogens (tertiary/aromatic N) is 1. The molecule has 0 heterocycles. The molecule has 1 aromatic rings. The smallest absolute Gasteiger partial charge is 0.0507 e. The average molecular weight is 189 g/mol. The highest BCUT2D eigenvalue weighted by Gasteiger charge is 2.10. The molecular weight excluding hydrogens is 170 g/mol. The normalized spacial score (nSPS) is 12.3. The summed E-state index contributed by atoms with van der Waals surface area (Å²) >= 11 is 0. The number of hydrogen-bond donors (Lipinski definition) is 0. The zero-order chi connectivity index (χ0) is 10.7. The zero-order valence-corrected chi connectivity index (χ0v) is 9.54. The molecule has 1 heteroatoms. The highest BCUT2D eigenvalue weighted by molar-refractivity contribution is 5.32. The van der Waals surface area contributed by atoms with Gasteiger partial charge in [0.25, 0.3) is 0 Å². The van der Waals surface area contributed by atoms with Crippen LogP contribution >= 0.6 is 0 Å². The van der Waals surface area contributed by atoms with E-state index in [1.165, 1.54) is 16.7 Å². The minimum Gasteiger partial charge on any atom is -0.374 e. The topological polar surface area (TPSA) is 3.24 Å². The summed E-state index contributed by atoms with van der Waals surface area (Å²) in [5.41, 5.74) is 4.04. The average Bonchev–Trinajstić information content (AvgIpc) is 2.19. The largest absolute Gasteiger partial charge is 0.374 e. The summed E-state index contributed by atoms with van der Waals surface area (Å²) in [7, 11) is 2.06. The fraction of sp³-hybridized carbons (Fsp3) is 0.385. The molecule has 0 radical (unpaired) electrons. The van der Waals surface area contributed by atoms with E-state index in [1.54, 1.807) is 0 Å². The Hall–Kier alpha value is -1.24. The molecule has 0 amide bonds. The predicted octanol–water partition coefficient (Wildman–Crippen LogP) is 3.44. The van der Waals surface area contributed by atoms with Crippen molar-refractivity contribution in [1.82, 2.24) is 4.90 Å². The van der Waals surface area contributed by atoms with E-state index in [9.17, 15) is 0 Å². The van der Waals surface area contributed by atoms with Gasteiger partial charge in [0.05, 0.1) is 6.04 Å². The maximum absolute atomic E-state index is 3.79. The van der Waals surface area contributed by atoms with Crippen molar-refractivity contribution in [2.75, 3.05) is 7.05 Å². The molecule has 0 aromatic heterocycles. The number of aryl methyl sites for hydroxylation is 2. The molecule has 1 nitrogen and oxygen atoms in total. The summed E-state index contributed by atoms with van der Waals surface area (Å²) in [6.45, 7) is 10.3. The fourth-order valence-corrected chi connectivity index (χ4v) is 1.59. The Labute approximate surface area is 87.1 Å². The van der Waals surface area contributed by atoms with E-state index < -0.39 is 0 Å². The van der Waals surface area contributed by atoms with Crippen molar-refractivity contribution in [1.29, 1.82) is 0 Å². The first-order valence-electron chi connectivity index (χ1n) is 4.98. The molecule has 0 aliphatic rings. The maximum Gasteiger partial charge on any atom is 0.0507 e. The van der Waals surface area contributed by atoms with Gasteiger partial charge in [-0.15, -0.1) is 0 Å². The van der Waals surface area contributed by atoms with Gasteiger partial charge in [-0.3, -0.25) is 0 Å². The van der Waals surface area contributed by atoms with Gasteiger partial charge in [0, 0.05) is 7.05 Å². The van der Waals surface area contributed by atoms with Crippen LogP contribution in [0.15, 0.2) is 31.0 Å². The highest BCUT2D eigenvalue weighted by Crippen LogP contribution is 2.23. The Morgan fingerprint density at radius 2 is 2.00 bits per heavy atom. The summed E-state index contributed by atoms with van der Waals surface area (Å²) in [5, 5.41) is 0. The molecule has 0 saturated heterocycles. The van der Waals surface area contributed by atoms with Crippen molar-refractivity contribution in [2.24, 2.45) is 0 Å². The van der Waals surface area contributed by atoms with E-state index in [-0.39, 0.29) is 0 Å². The Kier molecular flexibility index (Phi) is 3.34. The zero-order valence-electron chi connectivity index (χ0n) is 9.54. The van der Waals surface area contributed by atoms with Gasteiger partial charge in [-0.25, -0.2) is 0 Å². The third-order valence-corrected chi connectivity index (χ3v) is 2.78. The van der Waals surface area contributed by atoms with Crippen molar-refractivity contribution in [3.8, 4) is 0 Å². The van der Waals surface area contributed by atoms with Crippen LogP contribution in [-0.4, -0.2) is 11.9 Å². The predicted molar refractivity (Wildman–Crippen MR) is 62.3 cm³/mol. The molecule has 1 atom stereocenters. The number of hydrogen-bond acceptors (Lipinski definition) is 1. The van der Waals surface area contributed by atoms with Gasteiger partial charge >= 0.3 is 0 Å². The van der Waals surface area contributed by atoms with Crippen LogP contribution in [0.2, 0.25) is 0 Å². The van der Waals surface area contributed by atoms with E-state index in [0.717, 1.165) is 0 Å². The Morgan fingerprint density at radius 1 is 1.36 bits per heavy atom. The summed E-state index contributed by atoms with van der Waals surface area (Å²) in [5.74, 6) is 0. The minimum absolute atomic E-state index is 0.396. The lowest BCUT2D eigenvalue weighted by Crippen LogP contribution is -2.16. The number of rotatable bonds is 3. The van der Waals surface area contributed by atoms with Crippen molar-refractivity contribution >= 4 is 0 Å². The summed E-state index contributed by atoms with van der Waals surface area (Å²) in [6, 6.07) is 6.98. The van der Waals surface area contributed by atoms with E-state index in [2.05, 4.69) is 57.5 Å². The monoisotopic (exact) mass is 189 g/mol. The maximum atomic E-state index is 3.79. The Bertz CT molecular complexity index is 328.